The zero-order valence-electron chi connectivity index (χ0n) is 13.7. The molecule has 126 valence electrons. The smallest absolute Gasteiger partial charge is 0.326 e. The van der Waals surface area contributed by atoms with Gasteiger partial charge in [0.2, 0.25) is 5.91 Å². The van der Waals surface area contributed by atoms with Crippen molar-refractivity contribution in [1.29, 1.82) is 0 Å². The molecule has 0 saturated heterocycles. The monoisotopic (exact) mass is 319 g/mol. The van der Waals surface area contributed by atoms with Crippen molar-refractivity contribution in [3.8, 4) is 5.75 Å². The van der Waals surface area contributed by atoms with E-state index < -0.39 is 12.0 Å². The Kier molecular flexibility index (Phi) is 7.88. The lowest BCUT2D eigenvalue weighted by Gasteiger charge is -2.18. The van der Waals surface area contributed by atoms with Gasteiger partial charge >= 0.3 is 5.97 Å². The molecule has 23 heavy (non-hydrogen) atoms. The lowest BCUT2D eigenvalue weighted by Crippen LogP contribution is -2.41. The average Bonchev–Trinajstić information content (AvgIpc) is 2.56. The van der Waals surface area contributed by atoms with Crippen LogP contribution in [0.15, 0.2) is 36.9 Å². The number of carboxylic acids is 1. The molecule has 0 saturated carbocycles. The molecule has 0 radical (unpaired) electrons. The van der Waals surface area contributed by atoms with E-state index in [4.69, 9.17) is 9.84 Å². The second-order valence-electron chi connectivity index (χ2n) is 5.41. The number of benzene rings is 1. The predicted molar refractivity (Wildman–Crippen MR) is 89.6 cm³/mol. The van der Waals surface area contributed by atoms with Crippen LogP contribution in [-0.2, 0) is 9.59 Å². The first kappa shape index (κ1) is 18.7. The fraction of sp³-hybridized carbons (Fsp3) is 0.444. The van der Waals surface area contributed by atoms with Gasteiger partial charge in [-0.25, -0.2) is 4.79 Å². The SMILES string of the molecule is C=CCCC(NC(=O)CC(CC)c1ccc(OC)cc1)C(=O)O. The summed E-state index contributed by atoms with van der Waals surface area (Å²) in [4.78, 5) is 23.3. The van der Waals surface area contributed by atoms with E-state index in [0.29, 0.717) is 12.8 Å². The Labute approximate surface area is 137 Å². The molecule has 0 spiro atoms. The van der Waals surface area contributed by atoms with E-state index in [2.05, 4.69) is 11.9 Å². The molecule has 0 aliphatic rings. The van der Waals surface area contributed by atoms with E-state index in [-0.39, 0.29) is 18.2 Å². The van der Waals surface area contributed by atoms with E-state index in [0.717, 1.165) is 17.7 Å². The number of hydrogen-bond acceptors (Lipinski definition) is 3. The number of ether oxygens (including phenoxy) is 1. The third-order valence-corrected chi connectivity index (χ3v) is 3.80. The summed E-state index contributed by atoms with van der Waals surface area (Å²) in [5.74, 6) is -0.444. The fourth-order valence-corrected chi connectivity index (χ4v) is 2.39. The molecule has 0 aliphatic heterocycles. The highest BCUT2D eigenvalue weighted by Gasteiger charge is 2.21. The molecule has 5 heteroatoms. The average molecular weight is 319 g/mol. The second-order valence-corrected chi connectivity index (χ2v) is 5.41. The number of rotatable bonds is 10. The maximum absolute atomic E-state index is 12.2. The first-order valence-corrected chi connectivity index (χ1v) is 7.78. The quantitative estimate of drug-likeness (QED) is 0.650. The van der Waals surface area contributed by atoms with Crippen LogP contribution in [0.1, 0.15) is 44.1 Å². The van der Waals surface area contributed by atoms with Crippen LogP contribution >= 0.6 is 0 Å². The van der Waals surface area contributed by atoms with Crippen LogP contribution in [0.2, 0.25) is 0 Å². The summed E-state index contributed by atoms with van der Waals surface area (Å²) in [6.07, 6.45) is 3.61. The third-order valence-electron chi connectivity index (χ3n) is 3.80. The van der Waals surface area contributed by atoms with Crippen molar-refractivity contribution in [3.05, 3.63) is 42.5 Å². The first-order chi connectivity index (χ1) is 11.0. The van der Waals surface area contributed by atoms with Gasteiger partial charge in [0.15, 0.2) is 0 Å². The zero-order chi connectivity index (χ0) is 17.2. The summed E-state index contributed by atoms with van der Waals surface area (Å²) in [5.41, 5.74) is 1.04. The molecule has 0 bridgehead atoms. The van der Waals surface area contributed by atoms with Gasteiger partial charge < -0.3 is 15.2 Å². The van der Waals surface area contributed by atoms with E-state index in [1.54, 1.807) is 13.2 Å². The van der Waals surface area contributed by atoms with Gasteiger partial charge in [-0.2, -0.15) is 0 Å². The van der Waals surface area contributed by atoms with E-state index in [9.17, 15) is 9.59 Å². The number of carboxylic acid groups (broad SMARTS) is 1. The maximum atomic E-state index is 12.2. The van der Waals surface area contributed by atoms with Gasteiger partial charge in [0, 0.05) is 6.42 Å². The summed E-state index contributed by atoms with van der Waals surface area (Å²) in [7, 11) is 1.61. The Balaban J connectivity index is 2.67. The molecule has 0 fully saturated rings. The summed E-state index contributed by atoms with van der Waals surface area (Å²) in [5, 5.41) is 11.7. The van der Waals surface area contributed by atoms with Crippen molar-refractivity contribution in [2.45, 2.75) is 44.6 Å². The van der Waals surface area contributed by atoms with Crippen LogP contribution in [0, 0.1) is 0 Å². The van der Waals surface area contributed by atoms with Gasteiger partial charge in [-0.15, -0.1) is 6.58 Å². The van der Waals surface area contributed by atoms with Crippen molar-refractivity contribution in [2.24, 2.45) is 0 Å². The Bertz CT molecular complexity index is 524. The van der Waals surface area contributed by atoms with Crippen LogP contribution in [0.4, 0.5) is 0 Å². The molecule has 1 aromatic rings. The molecule has 1 aromatic carbocycles. The minimum absolute atomic E-state index is 0.0507. The van der Waals surface area contributed by atoms with Crippen LogP contribution in [-0.4, -0.2) is 30.1 Å². The largest absolute Gasteiger partial charge is 0.497 e. The Hall–Kier alpha value is -2.30. The van der Waals surface area contributed by atoms with Crippen LogP contribution < -0.4 is 10.1 Å². The minimum atomic E-state index is -1.02. The summed E-state index contributed by atoms with van der Waals surface area (Å²) in [6.45, 7) is 5.58. The molecule has 2 atom stereocenters. The molecule has 1 rings (SSSR count). The number of allylic oxidation sites excluding steroid dienone is 1. The first-order valence-electron chi connectivity index (χ1n) is 7.78. The van der Waals surface area contributed by atoms with E-state index in [1.165, 1.54) is 0 Å². The van der Waals surface area contributed by atoms with Crippen molar-refractivity contribution in [1.82, 2.24) is 5.32 Å². The predicted octanol–water partition coefficient (Wildman–Crippen LogP) is 3.11. The standard InChI is InChI=1S/C18H25NO4/c1-4-6-7-16(18(21)22)19-17(20)12-13(5-2)14-8-10-15(23-3)11-9-14/h4,8-11,13,16H,1,5-7,12H2,2-3H3,(H,19,20)(H,21,22). The van der Waals surface area contributed by atoms with Crippen LogP contribution in [0.25, 0.3) is 0 Å². The lowest BCUT2D eigenvalue weighted by atomic mass is 9.92. The molecular weight excluding hydrogens is 294 g/mol. The van der Waals surface area contributed by atoms with Gasteiger partial charge in [0.05, 0.1) is 7.11 Å². The Morgan fingerprint density at radius 3 is 2.48 bits per heavy atom. The highest BCUT2D eigenvalue weighted by molar-refractivity contribution is 5.83. The number of carbonyl (C=O) groups is 2. The second kappa shape index (κ2) is 9.66. The summed E-state index contributed by atoms with van der Waals surface area (Å²) in [6, 6.07) is 6.73. The molecule has 2 N–H and O–H groups in total. The van der Waals surface area contributed by atoms with E-state index in [1.807, 2.05) is 31.2 Å². The van der Waals surface area contributed by atoms with Gasteiger partial charge in [0.1, 0.15) is 11.8 Å². The van der Waals surface area contributed by atoms with Crippen LogP contribution in [0.3, 0.4) is 0 Å². The van der Waals surface area contributed by atoms with Crippen molar-refractivity contribution >= 4 is 11.9 Å². The van der Waals surface area contributed by atoms with Crippen molar-refractivity contribution in [3.63, 3.8) is 0 Å². The normalized spacial score (nSPS) is 13.0. The fourth-order valence-electron chi connectivity index (χ4n) is 2.39. The molecule has 0 aromatic heterocycles. The molecule has 0 heterocycles. The van der Waals surface area contributed by atoms with Gasteiger partial charge in [0.25, 0.3) is 0 Å². The summed E-state index contributed by atoms with van der Waals surface area (Å²) >= 11 is 0. The number of hydrogen-bond donors (Lipinski definition) is 2. The number of aliphatic carboxylic acids is 1. The number of nitrogens with one attached hydrogen (secondary N) is 1. The molecule has 0 aliphatic carbocycles. The highest BCUT2D eigenvalue weighted by Crippen LogP contribution is 2.25. The number of amides is 1. The zero-order valence-corrected chi connectivity index (χ0v) is 13.7. The molecule has 5 nitrogen and oxygen atoms in total. The topological polar surface area (TPSA) is 75.6 Å². The highest BCUT2D eigenvalue weighted by atomic mass is 16.5. The van der Waals surface area contributed by atoms with Gasteiger partial charge in [-0.05, 0) is 42.9 Å². The summed E-state index contributed by atoms with van der Waals surface area (Å²) < 4.78 is 5.13. The number of methoxy groups -OCH3 is 1. The van der Waals surface area contributed by atoms with E-state index >= 15 is 0 Å². The lowest BCUT2D eigenvalue weighted by molar-refractivity contribution is -0.142. The Morgan fingerprint density at radius 2 is 2.00 bits per heavy atom. The number of carbonyl (C=O) groups excluding carboxylic acids is 1. The molecule has 1 amide bonds. The molecule has 2 unspecified atom stereocenters. The van der Waals surface area contributed by atoms with Crippen molar-refractivity contribution < 1.29 is 19.4 Å². The Morgan fingerprint density at radius 1 is 1.35 bits per heavy atom. The van der Waals surface area contributed by atoms with Gasteiger partial charge in [-0.1, -0.05) is 25.1 Å². The minimum Gasteiger partial charge on any atom is -0.497 e. The maximum Gasteiger partial charge on any atom is 0.326 e. The van der Waals surface area contributed by atoms with Crippen LogP contribution in [0.5, 0.6) is 5.75 Å². The molecular formula is C18H25NO4. The van der Waals surface area contributed by atoms with Crippen molar-refractivity contribution in [2.75, 3.05) is 7.11 Å². The third kappa shape index (κ3) is 6.14. The van der Waals surface area contributed by atoms with Gasteiger partial charge in [-0.3, -0.25) is 4.79 Å².